The Morgan fingerprint density at radius 3 is 2.36 bits per heavy atom. The average Bonchev–Trinajstić information content (AvgIpc) is 2.56. The Labute approximate surface area is 132 Å². The number of hydrogen-bond acceptors (Lipinski definition) is 4. The lowest BCUT2D eigenvalue weighted by Crippen LogP contribution is -2.45. The number of aromatic nitrogens is 1. The molecule has 1 aliphatic heterocycles. The number of piperazine rings is 1. The van der Waals surface area contributed by atoms with Crippen LogP contribution in [-0.4, -0.2) is 43.1 Å². The number of likely N-dealkylation sites (N-methyl/N-ethyl adjacent to an activating group) is 1. The normalized spacial score (nSPS) is 17.5. The van der Waals surface area contributed by atoms with Gasteiger partial charge in [0.05, 0.1) is 6.04 Å². The lowest BCUT2D eigenvalue weighted by atomic mass is 10.00. The number of anilines is 1. The van der Waals surface area contributed by atoms with Gasteiger partial charge in [0.25, 0.3) is 0 Å². The molecule has 1 atom stereocenters. The number of aryl methyl sites for hydroxylation is 1. The summed E-state index contributed by atoms with van der Waals surface area (Å²) in [6, 6.07) is 12.2. The van der Waals surface area contributed by atoms with Gasteiger partial charge in [0.1, 0.15) is 5.82 Å². The third-order valence-corrected chi connectivity index (χ3v) is 4.39. The molecule has 2 N–H and O–H groups in total. The molecule has 0 amide bonds. The molecule has 0 bridgehead atoms. The van der Waals surface area contributed by atoms with Crippen LogP contribution in [0.4, 0.5) is 5.82 Å². The van der Waals surface area contributed by atoms with E-state index >= 15 is 0 Å². The molecule has 0 unspecified atom stereocenters. The van der Waals surface area contributed by atoms with Crippen LogP contribution in [0.3, 0.4) is 0 Å². The summed E-state index contributed by atoms with van der Waals surface area (Å²) in [5.74, 6) is 1.09. The molecule has 0 aliphatic carbocycles. The van der Waals surface area contributed by atoms with Crippen LogP contribution >= 0.6 is 0 Å². The molecule has 1 aromatic heterocycles. The zero-order chi connectivity index (χ0) is 15.5. The Morgan fingerprint density at radius 2 is 1.73 bits per heavy atom. The van der Waals surface area contributed by atoms with E-state index in [-0.39, 0.29) is 6.04 Å². The highest BCUT2D eigenvalue weighted by Crippen LogP contribution is 2.24. The molecule has 1 aromatic carbocycles. The van der Waals surface area contributed by atoms with Crippen LogP contribution in [0.5, 0.6) is 0 Å². The van der Waals surface area contributed by atoms with Gasteiger partial charge >= 0.3 is 0 Å². The Hall–Kier alpha value is -1.91. The van der Waals surface area contributed by atoms with Crippen molar-refractivity contribution >= 4 is 5.82 Å². The van der Waals surface area contributed by atoms with E-state index in [1.807, 2.05) is 24.4 Å². The van der Waals surface area contributed by atoms with Gasteiger partial charge in [-0.1, -0.05) is 30.3 Å². The molecule has 1 aliphatic rings. The van der Waals surface area contributed by atoms with Crippen LogP contribution in [0.1, 0.15) is 22.7 Å². The van der Waals surface area contributed by atoms with Gasteiger partial charge in [-0.25, -0.2) is 4.98 Å². The van der Waals surface area contributed by atoms with Crippen molar-refractivity contribution in [2.75, 3.05) is 38.1 Å². The van der Waals surface area contributed by atoms with Gasteiger partial charge in [-0.2, -0.15) is 0 Å². The van der Waals surface area contributed by atoms with Crippen molar-refractivity contribution in [3.63, 3.8) is 0 Å². The number of nitrogens with two attached hydrogens (primary N) is 1. The molecule has 2 heterocycles. The van der Waals surface area contributed by atoms with Gasteiger partial charge in [-0.3, -0.25) is 0 Å². The summed E-state index contributed by atoms with van der Waals surface area (Å²) in [5.41, 5.74) is 9.77. The molecule has 22 heavy (non-hydrogen) atoms. The van der Waals surface area contributed by atoms with E-state index in [4.69, 9.17) is 10.7 Å². The predicted molar refractivity (Wildman–Crippen MR) is 91.2 cm³/mol. The highest BCUT2D eigenvalue weighted by atomic mass is 15.3. The number of rotatable bonds is 3. The topological polar surface area (TPSA) is 45.4 Å². The van der Waals surface area contributed by atoms with Gasteiger partial charge in [0.2, 0.25) is 0 Å². The molecule has 116 valence electrons. The zero-order valence-corrected chi connectivity index (χ0v) is 13.4. The van der Waals surface area contributed by atoms with Crippen molar-refractivity contribution in [1.82, 2.24) is 9.88 Å². The second-order valence-corrected chi connectivity index (χ2v) is 6.09. The maximum absolute atomic E-state index is 6.37. The molecule has 0 radical (unpaired) electrons. The van der Waals surface area contributed by atoms with E-state index in [1.165, 1.54) is 5.56 Å². The molecular weight excluding hydrogens is 272 g/mol. The fraction of sp³-hybridized carbons (Fsp3) is 0.389. The van der Waals surface area contributed by atoms with E-state index in [0.717, 1.165) is 43.1 Å². The molecule has 1 saturated heterocycles. The Morgan fingerprint density at radius 1 is 1.05 bits per heavy atom. The Bertz CT molecular complexity index is 618. The minimum atomic E-state index is -0.117. The van der Waals surface area contributed by atoms with Gasteiger partial charge in [0.15, 0.2) is 0 Å². The first kappa shape index (κ1) is 15.0. The minimum Gasteiger partial charge on any atom is -0.354 e. The molecule has 2 aromatic rings. The predicted octanol–water partition coefficient (Wildman–Crippen LogP) is 2.19. The van der Waals surface area contributed by atoms with Gasteiger partial charge in [-0.05, 0) is 36.7 Å². The largest absolute Gasteiger partial charge is 0.354 e. The summed E-state index contributed by atoms with van der Waals surface area (Å²) in [7, 11) is 2.17. The van der Waals surface area contributed by atoms with E-state index in [0.29, 0.717) is 0 Å². The summed E-state index contributed by atoms with van der Waals surface area (Å²) in [5, 5.41) is 0. The first-order valence-corrected chi connectivity index (χ1v) is 7.85. The van der Waals surface area contributed by atoms with Crippen LogP contribution in [0, 0.1) is 6.92 Å². The standard InChI is InChI=1S/C18H24N4/c1-14-12-16(17(19)15-6-4-3-5-7-15)13-20-18(14)22-10-8-21(2)9-11-22/h3-7,12-13,17H,8-11,19H2,1-2H3/t17-/m0/s1. The fourth-order valence-corrected chi connectivity index (χ4v) is 2.96. The van der Waals surface area contributed by atoms with Gasteiger partial charge in [0, 0.05) is 32.4 Å². The van der Waals surface area contributed by atoms with Crippen LogP contribution in [-0.2, 0) is 0 Å². The minimum absolute atomic E-state index is 0.117. The summed E-state index contributed by atoms with van der Waals surface area (Å²) >= 11 is 0. The summed E-state index contributed by atoms with van der Waals surface area (Å²) < 4.78 is 0. The van der Waals surface area contributed by atoms with Crippen molar-refractivity contribution in [1.29, 1.82) is 0 Å². The van der Waals surface area contributed by atoms with E-state index < -0.39 is 0 Å². The monoisotopic (exact) mass is 296 g/mol. The Kier molecular flexibility index (Phi) is 4.41. The fourth-order valence-electron chi connectivity index (χ4n) is 2.96. The van der Waals surface area contributed by atoms with E-state index in [9.17, 15) is 0 Å². The summed E-state index contributed by atoms with van der Waals surface area (Å²) in [6.07, 6.45) is 1.93. The smallest absolute Gasteiger partial charge is 0.131 e. The number of benzene rings is 1. The van der Waals surface area contributed by atoms with E-state index in [2.05, 4.69) is 42.0 Å². The average molecular weight is 296 g/mol. The van der Waals surface area contributed by atoms with E-state index in [1.54, 1.807) is 0 Å². The number of nitrogens with zero attached hydrogens (tertiary/aromatic N) is 3. The molecule has 0 spiro atoms. The highest BCUT2D eigenvalue weighted by Gasteiger charge is 2.18. The second-order valence-electron chi connectivity index (χ2n) is 6.09. The number of pyridine rings is 1. The maximum atomic E-state index is 6.37. The number of hydrogen-bond donors (Lipinski definition) is 1. The summed E-state index contributed by atoms with van der Waals surface area (Å²) in [6.45, 7) is 6.38. The van der Waals surface area contributed by atoms with Gasteiger partial charge < -0.3 is 15.5 Å². The lowest BCUT2D eigenvalue weighted by molar-refractivity contribution is 0.312. The first-order chi connectivity index (χ1) is 10.6. The van der Waals surface area contributed by atoms with Crippen LogP contribution in [0.25, 0.3) is 0 Å². The third kappa shape index (κ3) is 3.13. The Balaban J connectivity index is 1.80. The zero-order valence-electron chi connectivity index (χ0n) is 13.4. The third-order valence-electron chi connectivity index (χ3n) is 4.39. The molecular formula is C18H24N4. The molecule has 4 nitrogen and oxygen atoms in total. The lowest BCUT2D eigenvalue weighted by Gasteiger charge is -2.34. The quantitative estimate of drug-likeness (QED) is 0.943. The van der Waals surface area contributed by atoms with Crippen molar-refractivity contribution in [2.45, 2.75) is 13.0 Å². The van der Waals surface area contributed by atoms with Crippen molar-refractivity contribution in [3.8, 4) is 0 Å². The molecule has 4 heteroatoms. The SMILES string of the molecule is Cc1cc([C@@H](N)c2ccccc2)cnc1N1CCN(C)CC1. The van der Waals surface area contributed by atoms with Crippen LogP contribution < -0.4 is 10.6 Å². The second kappa shape index (κ2) is 6.46. The molecule has 1 fully saturated rings. The van der Waals surface area contributed by atoms with Crippen molar-refractivity contribution in [3.05, 3.63) is 59.3 Å². The summed E-state index contributed by atoms with van der Waals surface area (Å²) in [4.78, 5) is 9.42. The molecule has 3 rings (SSSR count). The first-order valence-electron chi connectivity index (χ1n) is 7.85. The van der Waals surface area contributed by atoms with Crippen LogP contribution in [0.15, 0.2) is 42.6 Å². The maximum Gasteiger partial charge on any atom is 0.131 e. The molecule has 0 saturated carbocycles. The highest BCUT2D eigenvalue weighted by molar-refractivity contribution is 5.49. The van der Waals surface area contributed by atoms with Crippen LogP contribution in [0.2, 0.25) is 0 Å². The van der Waals surface area contributed by atoms with Gasteiger partial charge in [-0.15, -0.1) is 0 Å². The van der Waals surface area contributed by atoms with Crippen molar-refractivity contribution in [2.24, 2.45) is 5.73 Å². The van der Waals surface area contributed by atoms with Crippen molar-refractivity contribution < 1.29 is 0 Å².